The van der Waals surface area contributed by atoms with Crippen LogP contribution < -0.4 is 10.2 Å². The maximum Gasteiger partial charge on any atom is 0.275 e. The van der Waals surface area contributed by atoms with Crippen molar-refractivity contribution in [3.63, 3.8) is 0 Å². The van der Waals surface area contributed by atoms with Crippen molar-refractivity contribution in [2.45, 2.75) is 50.9 Å². The molecule has 0 N–H and O–H groups in total. The maximum absolute atomic E-state index is 13.3. The molecule has 0 bridgehead atoms. The van der Waals surface area contributed by atoms with Crippen molar-refractivity contribution < 1.29 is 14.3 Å². The summed E-state index contributed by atoms with van der Waals surface area (Å²) in [5, 5.41) is 0. The molecule has 2 aromatic rings. The van der Waals surface area contributed by atoms with E-state index >= 15 is 0 Å². The zero-order valence-corrected chi connectivity index (χ0v) is 17.8. The molecule has 3 aliphatic heterocycles. The quantitative estimate of drug-likeness (QED) is 0.693. The van der Waals surface area contributed by atoms with Crippen LogP contribution in [0, 0.1) is 0 Å². The third kappa shape index (κ3) is 3.37. The van der Waals surface area contributed by atoms with Gasteiger partial charge in [0.1, 0.15) is 6.17 Å². The van der Waals surface area contributed by atoms with Crippen LogP contribution in [0.2, 0.25) is 0 Å². The van der Waals surface area contributed by atoms with Crippen molar-refractivity contribution in [3.05, 3.63) is 63.6 Å². The molecule has 4 heterocycles. The number of aromatic nitrogens is 1. The van der Waals surface area contributed by atoms with Crippen LogP contribution >= 0.6 is 0 Å². The topological polar surface area (TPSA) is 71.8 Å². The fourth-order valence-electron chi connectivity index (χ4n) is 5.30. The summed E-state index contributed by atoms with van der Waals surface area (Å²) in [5.41, 5.74) is 0.929. The second-order valence-electron chi connectivity index (χ2n) is 8.64. The van der Waals surface area contributed by atoms with E-state index in [1.807, 2.05) is 35.2 Å². The summed E-state index contributed by atoms with van der Waals surface area (Å²) in [5.74, 6) is -0.415. The molecule has 0 aliphatic carbocycles. The third-order valence-corrected chi connectivity index (χ3v) is 6.87. The van der Waals surface area contributed by atoms with Gasteiger partial charge in [0, 0.05) is 31.7 Å². The molecule has 5 rings (SSSR count). The van der Waals surface area contributed by atoms with Gasteiger partial charge in [0.15, 0.2) is 17.2 Å². The van der Waals surface area contributed by atoms with Gasteiger partial charge in [-0.05, 0) is 24.8 Å². The molecule has 7 nitrogen and oxygen atoms in total. The molecular weight excluding hydrogens is 394 g/mol. The molecule has 2 fully saturated rings. The highest BCUT2D eigenvalue weighted by Gasteiger charge is 2.47. The zero-order chi connectivity index (χ0) is 21.5. The highest BCUT2D eigenvalue weighted by atomic mass is 16.5. The second-order valence-corrected chi connectivity index (χ2v) is 8.64. The van der Waals surface area contributed by atoms with Crippen LogP contribution in [0.1, 0.15) is 52.1 Å². The number of pyridine rings is 1. The van der Waals surface area contributed by atoms with Crippen LogP contribution in [0.25, 0.3) is 0 Å². The van der Waals surface area contributed by atoms with Gasteiger partial charge in [-0.1, -0.05) is 36.8 Å². The lowest BCUT2D eigenvalue weighted by atomic mass is 10.0. The van der Waals surface area contributed by atoms with Crippen LogP contribution in [0.3, 0.4) is 0 Å². The van der Waals surface area contributed by atoms with Crippen molar-refractivity contribution in [2.75, 3.05) is 20.2 Å². The molecule has 7 heteroatoms. The first kappa shape index (κ1) is 20.0. The Labute approximate surface area is 181 Å². The highest BCUT2D eigenvalue weighted by Crippen LogP contribution is 2.35. The average molecular weight is 421 g/mol. The SMILES string of the molecule is COc1c2n(cc(C(=O)CCc3ccccc3)c1=O)C[C@H]1N(C[C@H]3CCCCN31)C2=O. The molecule has 2 saturated heterocycles. The van der Waals surface area contributed by atoms with Gasteiger partial charge in [-0.2, -0.15) is 0 Å². The average Bonchev–Trinajstić information content (AvgIpc) is 3.17. The van der Waals surface area contributed by atoms with Gasteiger partial charge in [-0.3, -0.25) is 19.3 Å². The molecule has 0 unspecified atom stereocenters. The Morgan fingerprint density at radius 3 is 2.71 bits per heavy atom. The normalized spacial score (nSPS) is 22.6. The van der Waals surface area contributed by atoms with E-state index in [9.17, 15) is 14.4 Å². The first-order valence-corrected chi connectivity index (χ1v) is 11.0. The Morgan fingerprint density at radius 2 is 1.94 bits per heavy atom. The number of benzene rings is 1. The fourth-order valence-corrected chi connectivity index (χ4v) is 5.30. The van der Waals surface area contributed by atoms with E-state index in [2.05, 4.69) is 4.90 Å². The lowest BCUT2D eigenvalue weighted by Gasteiger charge is -2.38. The third-order valence-electron chi connectivity index (χ3n) is 6.87. The molecule has 3 aliphatic rings. The molecule has 0 radical (unpaired) electrons. The molecule has 162 valence electrons. The Bertz CT molecular complexity index is 1080. The van der Waals surface area contributed by atoms with Gasteiger partial charge in [-0.15, -0.1) is 0 Å². The van der Waals surface area contributed by atoms with E-state index in [1.165, 1.54) is 13.5 Å². The number of piperidine rings is 1. The van der Waals surface area contributed by atoms with E-state index in [1.54, 1.807) is 10.8 Å². The monoisotopic (exact) mass is 421 g/mol. The van der Waals surface area contributed by atoms with Gasteiger partial charge in [0.2, 0.25) is 5.43 Å². The summed E-state index contributed by atoms with van der Waals surface area (Å²) in [7, 11) is 1.39. The van der Waals surface area contributed by atoms with Crippen LogP contribution in [0.15, 0.2) is 41.3 Å². The first-order valence-electron chi connectivity index (χ1n) is 11.0. The number of methoxy groups -OCH3 is 1. The predicted molar refractivity (Wildman–Crippen MR) is 116 cm³/mol. The number of amides is 1. The minimum absolute atomic E-state index is 0.0149. The minimum Gasteiger partial charge on any atom is -0.491 e. The summed E-state index contributed by atoms with van der Waals surface area (Å²) < 4.78 is 7.16. The van der Waals surface area contributed by atoms with Gasteiger partial charge >= 0.3 is 0 Å². The smallest absolute Gasteiger partial charge is 0.275 e. The van der Waals surface area contributed by atoms with Crippen LogP contribution in [0.5, 0.6) is 5.75 Å². The molecule has 0 saturated carbocycles. The number of hydrogen-bond donors (Lipinski definition) is 0. The highest BCUT2D eigenvalue weighted by molar-refractivity contribution is 6.00. The van der Waals surface area contributed by atoms with Crippen molar-refractivity contribution in [1.82, 2.24) is 14.4 Å². The molecular formula is C24H27N3O4. The first-order chi connectivity index (χ1) is 15.1. The van der Waals surface area contributed by atoms with Crippen molar-refractivity contribution in [1.29, 1.82) is 0 Å². The number of ketones is 1. The van der Waals surface area contributed by atoms with Gasteiger partial charge in [0.05, 0.1) is 19.2 Å². The Balaban J connectivity index is 1.47. The van der Waals surface area contributed by atoms with E-state index in [0.717, 1.165) is 24.9 Å². The lowest BCUT2D eigenvalue weighted by Crippen LogP contribution is -2.51. The summed E-state index contributed by atoms with van der Waals surface area (Å²) >= 11 is 0. The van der Waals surface area contributed by atoms with E-state index in [-0.39, 0.29) is 41.3 Å². The number of Topliss-reactive ketones (excluding diaryl/α,β-unsaturated/α-hetero) is 1. The fraction of sp³-hybridized carbons (Fsp3) is 0.458. The minimum atomic E-state index is -0.490. The summed E-state index contributed by atoms with van der Waals surface area (Å²) in [6.07, 6.45) is 5.77. The molecule has 0 spiro atoms. The van der Waals surface area contributed by atoms with Crippen molar-refractivity contribution in [2.24, 2.45) is 0 Å². The van der Waals surface area contributed by atoms with Crippen molar-refractivity contribution in [3.8, 4) is 5.75 Å². The number of carbonyl (C=O) groups excluding carboxylic acids is 2. The Morgan fingerprint density at radius 1 is 1.13 bits per heavy atom. The van der Waals surface area contributed by atoms with E-state index in [4.69, 9.17) is 4.74 Å². The molecule has 1 aromatic carbocycles. The van der Waals surface area contributed by atoms with Crippen LogP contribution in [-0.2, 0) is 13.0 Å². The van der Waals surface area contributed by atoms with E-state index < -0.39 is 5.43 Å². The van der Waals surface area contributed by atoms with Crippen LogP contribution in [-0.4, -0.2) is 58.5 Å². The number of nitrogens with zero attached hydrogens (tertiary/aromatic N) is 3. The maximum atomic E-state index is 13.3. The summed E-state index contributed by atoms with van der Waals surface area (Å²) in [6, 6.07) is 10.1. The number of hydrogen-bond acceptors (Lipinski definition) is 5. The largest absolute Gasteiger partial charge is 0.491 e. The number of aryl methyl sites for hydroxylation is 1. The summed E-state index contributed by atoms with van der Waals surface area (Å²) in [6.45, 7) is 2.22. The van der Waals surface area contributed by atoms with Gasteiger partial charge in [-0.25, -0.2) is 0 Å². The number of ether oxygens (including phenoxy) is 1. The number of fused-ring (bicyclic) bond motifs is 4. The van der Waals surface area contributed by atoms with Gasteiger partial charge < -0.3 is 14.2 Å². The standard InChI is InChI=1S/C24H27N3O4/c1-31-23-21-24(30)27-13-17-9-5-6-12-26(17)20(27)15-25(21)14-18(22(23)29)19(28)11-10-16-7-3-2-4-8-16/h2-4,7-8,14,17,20H,5-6,9-13,15H2,1H3/t17-,20-/m1/s1. The summed E-state index contributed by atoms with van der Waals surface area (Å²) in [4.78, 5) is 43.7. The molecule has 31 heavy (non-hydrogen) atoms. The number of rotatable bonds is 5. The van der Waals surface area contributed by atoms with Crippen LogP contribution in [0.4, 0.5) is 0 Å². The molecule has 1 aromatic heterocycles. The zero-order valence-electron chi connectivity index (χ0n) is 17.8. The predicted octanol–water partition coefficient (Wildman–Crippen LogP) is 2.32. The lowest BCUT2D eigenvalue weighted by molar-refractivity contribution is 0.0451. The number of carbonyl (C=O) groups is 2. The van der Waals surface area contributed by atoms with Crippen molar-refractivity contribution >= 4 is 11.7 Å². The van der Waals surface area contributed by atoms with Gasteiger partial charge in [0.25, 0.3) is 5.91 Å². The molecule has 1 amide bonds. The Hall–Kier alpha value is -2.93. The Kier molecular flexibility index (Phi) is 5.14. The molecule has 2 atom stereocenters. The second kappa shape index (κ2) is 7.96. The van der Waals surface area contributed by atoms with E-state index in [0.29, 0.717) is 25.6 Å².